The van der Waals surface area contributed by atoms with E-state index in [1.807, 2.05) is 23.6 Å². The Morgan fingerprint density at radius 1 is 1.20 bits per heavy atom. The number of halogens is 2. The summed E-state index contributed by atoms with van der Waals surface area (Å²) in [5.74, 6) is 0.500. The van der Waals surface area contributed by atoms with Crippen molar-refractivity contribution in [1.82, 2.24) is 4.98 Å². The van der Waals surface area contributed by atoms with Gasteiger partial charge in [0.2, 0.25) is 0 Å². The number of benzene rings is 1. The molecule has 0 fully saturated rings. The Kier molecular flexibility index (Phi) is 4.23. The molecule has 0 spiro atoms. The molecule has 0 aliphatic carbocycles. The fourth-order valence-corrected chi connectivity index (χ4v) is 4.55. The Morgan fingerprint density at radius 3 is 2.64 bits per heavy atom. The van der Waals surface area contributed by atoms with Gasteiger partial charge >= 0.3 is 0 Å². The van der Waals surface area contributed by atoms with Crippen molar-refractivity contribution in [2.45, 2.75) is 0 Å². The first-order valence-corrected chi connectivity index (χ1v) is 9.75. The fourth-order valence-electron chi connectivity index (χ4n) is 2.62. The quantitative estimate of drug-likeness (QED) is 0.476. The van der Waals surface area contributed by atoms with Crippen molar-refractivity contribution in [2.24, 2.45) is 0 Å². The molecule has 2 aromatic heterocycles. The number of carbonyl (C=O) groups is 1. The maximum atomic E-state index is 12.4. The zero-order chi connectivity index (χ0) is 17.6. The molecule has 25 heavy (non-hydrogen) atoms. The van der Waals surface area contributed by atoms with E-state index in [2.05, 4.69) is 42.2 Å². The molecule has 2 N–H and O–H groups in total. The lowest BCUT2D eigenvalue weighted by atomic mass is 10.0. The molecule has 0 unspecified atom stereocenters. The van der Waals surface area contributed by atoms with Crippen molar-refractivity contribution in [2.75, 3.05) is 5.32 Å². The van der Waals surface area contributed by atoms with Crippen LogP contribution in [0.5, 0.6) is 5.75 Å². The van der Waals surface area contributed by atoms with Crippen LogP contribution in [-0.2, 0) is 4.79 Å². The van der Waals surface area contributed by atoms with Crippen LogP contribution >= 0.6 is 43.2 Å². The van der Waals surface area contributed by atoms with Gasteiger partial charge < -0.3 is 10.4 Å². The normalized spacial score (nSPS) is 14.6. The van der Waals surface area contributed by atoms with Gasteiger partial charge in [-0.15, -0.1) is 11.3 Å². The van der Waals surface area contributed by atoms with Gasteiger partial charge in [-0.25, -0.2) is 4.98 Å². The van der Waals surface area contributed by atoms with Gasteiger partial charge in [0.25, 0.3) is 5.91 Å². The lowest BCUT2D eigenvalue weighted by Gasteiger charge is -2.04. The lowest BCUT2D eigenvalue weighted by molar-refractivity contribution is -0.110. The fraction of sp³-hybridized carbons (Fsp3) is 0. The Hall–Kier alpha value is -1.96. The number of pyridine rings is 1. The Morgan fingerprint density at radius 2 is 1.96 bits per heavy atom. The molecule has 0 saturated carbocycles. The zero-order valence-electron chi connectivity index (χ0n) is 12.6. The highest BCUT2D eigenvalue weighted by Crippen LogP contribution is 2.38. The number of anilines is 1. The SMILES string of the molecule is O=C1Nc2ncc(-c3cccs3)cc2/C1=C/c1cc(Br)c(O)c(Br)c1. The van der Waals surface area contributed by atoms with Gasteiger partial charge in [-0.1, -0.05) is 6.07 Å². The first-order valence-electron chi connectivity index (χ1n) is 7.28. The van der Waals surface area contributed by atoms with Crippen LogP contribution in [0.2, 0.25) is 0 Å². The van der Waals surface area contributed by atoms with Crippen molar-refractivity contribution < 1.29 is 9.90 Å². The summed E-state index contributed by atoms with van der Waals surface area (Å²) in [6.45, 7) is 0. The molecule has 1 aliphatic rings. The lowest BCUT2D eigenvalue weighted by Crippen LogP contribution is -2.04. The Bertz CT molecular complexity index is 1010. The summed E-state index contributed by atoms with van der Waals surface area (Å²) in [7, 11) is 0. The zero-order valence-corrected chi connectivity index (χ0v) is 16.6. The number of fused-ring (bicyclic) bond motifs is 1. The summed E-state index contributed by atoms with van der Waals surface area (Å²) in [6, 6.07) is 9.50. The molecule has 3 aromatic rings. The van der Waals surface area contributed by atoms with E-state index in [9.17, 15) is 9.90 Å². The molecule has 7 heteroatoms. The average molecular weight is 478 g/mol. The molecule has 124 valence electrons. The van der Waals surface area contributed by atoms with Gasteiger partial charge in [0, 0.05) is 22.2 Å². The largest absolute Gasteiger partial charge is 0.506 e. The van der Waals surface area contributed by atoms with Crippen molar-refractivity contribution in [1.29, 1.82) is 0 Å². The molecule has 1 amide bonds. The van der Waals surface area contributed by atoms with E-state index in [1.54, 1.807) is 35.7 Å². The summed E-state index contributed by atoms with van der Waals surface area (Å²) < 4.78 is 1.11. The second-order valence-corrected chi connectivity index (χ2v) is 8.10. The summed E-state index contributed by atoms with van der Waals surface area (Å²) in [4.78, 5) is 17.9. The van der Waals surface area contributed by atoms with Crippen LogP contribution in [0.15, 0.2) is 50.9 Å². The van der Waals surface area contributed by atoms with Crippen LogP contribution in [0.25, 0.3) is 22.1 Å². The van der Waals surface area contributed by atoms with E-state index in [-0.39, 0.29) is 11.7 Å². The van der Waals surface area contributed by atoms with Crippen LogP contribution in [0.1, 0.15) is 11.1 Å². The monoisotopic (exact) mass is 476 g/mol. The number of nitrogens with zero attached hydrogens (tertiary/aromatic N) is 1. The Balaban J connectivity index is 1.82. The maximum absolute atomic E-state index is 12.4. The number of amides is 1. The number of rotatable bonds is 2. The number of carbonyl (C=O) groups excluding carboxylic acids is 1. The summed E-state index contributed by atoms with van der Waals surface area (Å²) in [5, 5.41) is 14.6. The Labute approximate surface area is 164 Å². The second kappa shape index (κ2) is 6.40. The van der Waals surface area contributed by atoms with E-state index in [0.29, 0.717) is 20.3 Å². The number of phenols is 1. The molecule has 4 rings (SSSR count). The summed E-state index contributed by atoms with van der Waals surface area (Å²) in [5.41, 5.74) is 3.09. The van der Waals surface area contributed by atoms with E-state index >= 15 is 0 Å². The third-order valence-corrected chi connectivity index (χ3v) is 5.94. The molecule has 1 aliphatic heterocycles. The number of thiophene rings is 1. The van der Waals surface area contributed by atoms with Crippen LogP contribution in [0.4, 0.5) is 5.82 Å². The third-order valence-electron chi connectivity index (χ3n) is 3.81. The molecule has 0 radical (unpaired) electrons. The molecular weight excluding hydrogens is 468 g/mol. The first-order chi connectivity index (χ1) is 12.0. The topological polar surface area (TPSA) is 62.2 Å². The molecule has 0 atom stereocenters. The molecule has 0 bridgehead atoms. The predicted octanol–water partition coefficient (Wildman–Crippen LogP) is 5.53. The van der Waals surface area contributed by atoms with Crippen LogP contribution in [0, 0.1) is 0 Å². The van der Waals surface area contributed by atoms with E-state index in [4.69, 9.17) is 0 Å². The second-order valence-electron chi connectivity index (χ2n) is 5.44. The van der Waals surface area contributed by atoms with Gasteiger partial charge in [-0.2, -0.15) is 0 Å². The van der Waals surface area contributed by atoms with E-state index in [0.717, 1.165) is 21.6 Å². The average Bonchev–Trinajstić information content (AvgIpc) is 3.21. The van der Waals surface area contributed by atoms with Crippen molar-refractivity contribution >= 4 is 66.6 Å². The smallest absolute Gasteiger partial charge is 0.257 e. The first kappa shape index (κ1) is 16.5. The molecule has 1 aromatic carbocycles. The van der Waals surface area contributed by atoms with Crippen LogP contribution < -0.4 is 5.32 Å². The van der Waals surface area contributed by atoms with Gasteiger partial charge in [-0.05, 0) is 73.1 Å². The molecule has 4 nitrogen and oxygen atoms in total. The standard InChI is InChI=1S/C18H10Br2N2O2S/c19-13-5-9(6-14(20)16(13)23)4-12-11-7-10(15-2-1-3-25-15)8-21-17(11)22-18(12)24/h1-8,23H,(H,21,22,24)/b12-4-. The number of phenolic OH excluding ortho intramolecular Hbond substituents is 1. The molecular formula is C18H10Br2N2O2S. The number of aromatic nitrogens is 1. The minimum absolute atomic E-state index is 0.125. The van der Waals surface area contributed by atoms with Gasteiger partial charge in [-0.3, -0.25) is 4.79 Å². The maximum Gasteiger partial charge on any atom is 0.257 e. The minimum Gasteiger partial charge on any atom is -0.506 e. The molecule has 0 saturated heterocycles. The minimum atomic E-state index is -0.189. The highest BCUT2D eigenvalue weighted by molar-refractivity contribution is 9.11. The molecule has 3 heterocycles. The highest BCUT2D eigenvalue weighted by atomic mass is 79.9. The number of hydrogen-bond acceptors (Lipinski definition) is 4. The van der Waals surface area contributed by atoms with Gasteiger partial charge in [0.15, 0.2) is 0 Å². The highest BCUT2D eigenvalue weighted by Gasteiger charge is 2.26. The van der Waals surface area contributed by atoms with Gasteiger partial charge in [0.05, 0.1) is 14.5 Å². The van der Waals surface area contributed by atoms with E-state index < -0.39 is 0 Å². The van der Waals surface area contributed by atoms with Gasteiger partial charge in [0.1, 0.15) is 11.6 Å². The predicted molar refractivity (Wildman–Crippen MR) is 108 cm³/mol. The van der Waals surface area contributed by atoms with Crippen LogP contribution in [-0.4, -0.2) is 16.0 Å². The number of hydrogen-bond donors (Lipinski definition) is 2. The number of nitrogens with one attached hydrogen (secondary N) is 1. The van der Waals surface area contributed by atoms with E-state index in [1.165, 1.54) is 0 Å². The third kappa shape index (κ3) is 3.03. The summed E-state index contributed by atoms with van der Waals surface area (Å²) >= 11 is 8.25. The van der Waals surface area contributed by atoms with Crippen LogP contribution in [0.3, 0.4) is 0 Å². The number of aromatic hydroxyl groups is 1. The summed E-state index contributed by atoms with van der Waals surface area (Å²) in [6.07, 6.45) is 3.55. The van der Waals surface area contributed by atoms with Crippen molar-refractivity contribution in [3.05, 3.63) is 62.0 Å². The van der Waals surface area contributed by atoms with Crippen molar-refractivity contribution in [3.63, 3.8) is 0 Å². The van der Waals surface area contributed by atoms with Crippen molar-refractivity contribution in [3.8, 4) is 16.2 Å².